The highest BCUT2D eigenvalue weighted by Crippen LogP contribution is 2.21. The van der Waals surface area contributed by atoms with Crippen molar-refractivity contribution in [3.05, 3.63) is 113 Å². The Balaban J connectivity index is 1.53. The van der Waals surface area contributed by atoms with Crippen LogP contribution < -0.4 is 0 Å². The number of piperazine rings is 1. The number of carbonyl (C=O) groups is 1. The zero-order valence-electron chi connectivity index (χ0n) is 31.6. The predicted octanol–water partition coefficient (Wildman–Crippen LogP) is 9.37. The molecule has 2 aromatic carbocycles. The molecule has 0 spiro atoms. The molecule has 2 aromatic rings. The summed E-state index contributed by atoms with van der Waals surface area (Å²) < 4.78 is 32.3. The quantitative estimate of drug-likeness (QED) is 0.0236. The van der Waals surface area contributed by atoms with Crippen LogP contribution in [0.5, 0.6) is 0 Å². The Morgan fingerprint density at radius 1 is 0.654 bits per heavy atom. The normalized spacial score (nSPS) is 14.5. The SMILES string of the molecule is CCCCCCCCOOC/C(=C/C=C\N1CCN(/C=C/C=C(\C(=O)OCCCCCCCC)S(=O)(=O)c2ccccc2)CC1)Cc1ccccc1. The number of rotatable bonds is 26. The van der Waals surface area contributed by atoms with Crippen LogP contribution in [0.4, 0.5) is 0 Å². The van der Waals surface area contributed by atoms with Gasteiger partial charge in [0.25, 0.3) is 0 Å². The minimum absolute atomic E-state index is 0.0693. The number of sulfone groups is 1. The third kappa shape index (κ3) is 17.2. The van der Waals surface area contributed by atoms with Crippen molar-refractivity contribution in [2.24, 2.45) is 0 Å². The Morgan fingerprint density at radius 2 is 1.17 bits per heavy atom. The van der Waals surface area contributed by atoms with Gasteiger partial charge in [0, 0.05) is 26.2 Å². The Kier molecular flexibility index (Phi) is 21.5. The van der Waals surface area contributed by atoms with Crippen LogP contribution in [0, 0.1) is 0 Å². The Bertz CT molecular complexity index is 1480. The first-order valence-corrected chi connectivity index (χ1v) is 20.9. The lowest BCUT2D eigenvalue weighted by atomic mass is 10.1. The number of benzene rings is 2. The molecule has 0 radical (unpaired) electrons. The molecule has 0 atom stereocenters. The smallest absolute Gasteiger partial charge is 0.350 e. The molecule has 0 amide bonds. The van der Waals surface area contributed by atoms with Crippen LogP contribution in [-0.2, 0) is 35.6 Å². The molecule has 0 bridgehead atoms. The van der Waals surface area contributed by atoms with Gasteiger partial charge in [0.05, 0.1) is 18.1 Å². The van der Waals surface area contributed by atoms with Gasteiger partial charge in [0.2, 0.25) is 9.84 Å². The molecule has 0 saturated carbocycles. The van der Waals surface area contributed by atoms with E-state index in [9.17, 15) is 13.2 Å². The highest BCUT2D eigenvalue weighted by atomic mass is 32.2. The van der Waals surface area contributed by atoms with E-state index >= 15 is 0 Å². The molecule has 0 N–H and O–H groups in total. The third-order valence-electron chi connectivity index (χ3n) is 8.98. The van der Waals surface area contributed by atoms with Crippen LogP contribution in [0.2, 0.25) is 0 Å². The number of hydrogen-bond donors (Lipinski definition) is 0. The molecular formula is C43H62N2O6S. The molecule has 0 aromatic heterocycles. The lowest BCUT2D eigenvalue weighted by Crippen LogP contribution is -2.41. The summed E-state index contributed by atoms with van der Waals surface area (Å²) in [5.41, 5.74) is 2.35. The summed E-state index contributed by atoms with van der Waals surface area (Å²) in [7, 11) is -4.04. The Morgan fingerprint density at radius 3 is 1.77 bits per heavy atom. The topological polar surface area (TPSA) is 85.4 Å². The molecule has 286 valence electrons. The fourth-order valence-electron chi connectivity index (χ4n) is 5.83. The molecule has 1 heterocycles. The maximum Gasteiger partial charge on any atom is 0.350 e. The third-order valence-corrected chi connectivity index (χ3v) is 10.8. The molecule has 3 rings (SSSR count). The second kappa shape index (κ2) is 26.2. The summed E-state index contributed by atoms with van der Waals surface area (Å²) >= 11 is 0. The summed E-state index contributed by atoms with van der Waals surface area (Å²) in [6, 6.07) is 18.4. The van der Waals surface area contributed by atoms with E-state index in [-0.39, 0.29) is 16.4 Å². The van der Waals surface area contributed by atoms with Crippen LogP contribution in [-0.4, -0.2) is 70.2 Å². The van der Waals surface area contributed by atoms with E-state index in [2.05, 4.69) is 54.1 Å². The van der Waals surface area contributed by atoms with Gasteiger partial charge in [0.1, 0.15) is 6.61 Å². The lowest BCUT2D eigenvalue weighted by Gasteiger charge is -2.33. The number of allylic oxidation sites excluding steroid dienone is 4. The van der Waals surface area contributed by atoms with Crippen molar-refractivity contribution in [3.8, 4) is 0 Å². The standard InChI is InChI=1S/C43H62N2O6S/c1-3-5-7-9-11-19-35-49-43(46)42(52(47,48)41-26-17-14-18-27-41)28-22-30-45-33-31-44(32-34-45)29-21-25-40(37-39-23-15-13-16-24-39)38-51-50-36-20-12-10-8-6-4-2/h13-18,21-30H,3-12,19-20,31-38H2,1-2H3/b29-21-,30-22+,40-25+,42-28+. The van der Waals surface area contributed by atoms with Crippen LogP contribution in [0.1, 0.15) is 96.5 Å². The van der Waals surface area contributed by atoms with Gasteiger partial charge in [0.15, 0.2) is 4.91 Å². The summed E-state index contributed by atoms with van der Waals surface area (Å²) in [4.78, 5) is 28.3. The highest BCUT2D eigenvalue weighted by molar-refractivity contribution is 7.96. The molecule has 1 saturated heterocycles. The highest BCUT2D eigenvalue weighted by Gasteiger charge is 2.28. The van der Waals surface area contributed by atoms with E-state index in [1.807, 2.05) is 24.4 Å². The first kappa shape index (κ1) is 42.8. The number of carbonyl (C=O) groups excluding carboxylic acids is 1. The molecule has 1 aliphatic rings. The first-order chi connectivity index (χ1) is 25.4. The fraction of sp³-hybridized carbons (Fsp3) is 0.512. The van der Waals surface area contributed by atoms with E-state index in [0.717, 1.165) is 63.9 Å². The number of nitrogens with zero attached hydrogens (tertiary/aromatic N) is 2. The molecule has 0 aliphatic carbocycles. The zero-order chi connectivity index (χ0) is 37.1. The van der Waals surface area contributed by atoms with Crippen molar-refractivity contribution in [3.63, 3.8) is 0 Å². The van der Waals surface area contributed by atoms with E-state index < -0.39 is 15.8 Å². The van der Waals surface area contributed by atoms with E-state index in [1.165, 1.54) is 68.7 Å². The average Bonchev–Trinajstić information content (AvgIpc) is 3.16. The van der Waals surface area contributed by atoms with Gasteiger partial charge in [-0.15, -0.1) is 0 Å². The minimum Gasteiger partial charge on any atom is -0.462 e. The lowest BCUT2D eigenvalue weighted by molar-refractivity contribution is -0.288. The molecule has 52 heavy (non-hydrogen) atoms. The second-order valence-corrected chi connectivity index (χ2v) is 15.3. The predicted molar refractivity (Wildman–Crippen MR) is 211 cm³/mol. The van der Waals surface area contributed by atoms with Gasteiger partial charge < -0.3 is 14.5 Å². The monoisotopic (exact) mass is 734 g/mol. The molecule has 8 nitrogen and oxygen atoms in total. The molecule has 1 aliphatic heterocycles. The van der Waals surface area contributed by atoms with Crippen LogP contribution in [0.3, 0.4) is 0 Å². The molecule has 0 unspecified atom stereocenters. The van der Waals surface area contributed by atoms with Crippen LogP contribution in [0.15, 0.2) is 113 Å². The van der Waals surface area contributed by atoms with Crippen molar-refractivity contribution >= 4 is 15.8 Å². The van der Waals surface area contributed by atoms with Gasteiger partial charge in [-0.05, 0) is 73.2 Å². The van der Waals surface area contributed by atoms with Gasteiger partial charge >= 0.3 is 5.97 Å². The van der Waals surface area contributed by atoms with Gasteiger partial charge in [-0.2, -0.15) is 0 Å². The zero-order valence-corrected chi connectivity index (χ0v) is 32.4. The first-order valence-electron chi connectivity index (χ1n) is 19.4. The van der Waals surface area contributed by atoms with Gasteiger partial charge in [-0.3, -0.25) is 0 Å². The number of hydrogen-bond acceptors (Lipinski definition) is 8. The largest absolute Gasteiger partial charge is 0.462 e. The van der Waals surface area contributed by atoms with E-state index in [0.29, 0.717) is 19.6 Å². The summed E-state index contributed by atoms with van der Waals surface area (Å²) in [6.07, 6.45) is 25.5. The van der Waals surface area contributed by atoms with Crippen LogP contribution >= 0.6 is 0 Å². The van der Waals surface area contributed by atoms with Gasteiger partial charge in [-0.25, -0.2) is 23.0 Å². The molecule has 9 heteroatoms. The maximum atomic E-state index is 13.4. The van der Waals surface area contributed by atoms with Gasteiger partial charge in [-0.1, -0.05) is 133 Å². The van der Waals surface area contributed by atoms with E-state index in [4.69, 9.17) is 14.5 Å². The number of esters is 1. The number of unbranched alkanes of at least 4 members (excludes halogenated alkanes) is 10. The Labute approximate surface area is 314 Å². The van der Waals surface area contributed by atoms with Crippen molar-refractivity contribution < 1.29 is 27.7 Å². The number of ether oxygens (including phenoxy) is 1. The second-order valence-electron chi connectivity index (χ2n) is 13.3. The van der Waals surface area contributed by atoms with Crippen molar-refractivity contribution in [2.75, 3.05) is 46.0 Å². The van der Waals surface area contributed by atoms with E-state index in [1.54, 1.807) is 24.3 Å². The Hall–Kier alpha value is -3.66. The summed E-state index contributed by atoms with van der Waals surface area (Å²) in [5.74, 6) is -0.813. The minimum atomic E-state index is -4.04. The molecule has 1 fully saturated rings. The summed E-state index contributed by atoms with van der Waals surface area (Å²) in [6.45, 7) is 8.75. The molecular weight excluding hydrogens is 673 g/mol. The average molecular weight is 735 g/mol. The van der Waals surface area contributed by atoms with Crippen molar-refractivity contribution in [1.82, 2.24) is 9.80 Å². The van der Waals surface area contributed by atoms with Crippen molar-refractivity contribution in [2.45, 2.75) is 102 Å². The maximum absolute atomic E-state index is 13.4. The summed E-state index contributed by atoms with van der Waals surface area (Å²) in [5, 5.41) is 0. The fourth-order valence-corrected chi connectivity index (χ4v) is 7.14. The van der Waals surface area contributed by atoms with Crippen LogP contribution in [0.25, 0.3) is 0 Å². The van der Waals surface area contributed by atoms with Crippen molar-refractivity contribution in [1.29, 1.82) is 0 Å².